The molecule has 0 aliphatic carbocycles. The van der Waals surface area contributed by atoms with Crippen LogP contribution in [-0.2, 0) is 20.0 Å². The van der Waals surface area contributed by atoms with Crippen LogP contribution in [0.15, 0.2) is 70.5 Å². The Morgan fingerprint density at radius 2 is 1.45 bits per heavy atom. The van der Waals surface area contributed by atoms with Gasteiger partial charge in [-0.25, -0.2) is 16.8 Å². The summed E-state index contributed by atoms with van der Waals surface area (Å²) in [5.41, 5.74) is 1.12. The molecule has 0 bridgehead atoms. The number of methoxy groups -OCH3 is 2. The lowest BCUT2D eigenvalue weighted by Crippen LogP contribution is -2.31. The lowest BCUT2D eigenvalue weighted by atomic mass is 9.91. The lowest BCUT2D eigenvalue weighted by Gasteiger charge is -2.22. The van der Waals surface area contributed by atoms with Gasteiger partial charge in [0.15, 0.2) is 11.5 Å². The van der Waals surface area contributed by atoms with Crippen molar-refractivity contribution in [3.63, 3.8) is 0 Å². The van der Waals surface area contributed by atoms with Crippen LogP contribution in [0.3, 0.4) is 0 Å². The summed E-state index contributed by atoms with van der Waals surface area (Å²) in [5.74, 6) is -0.0229. The van der Waals surface area contributed by atoms with Crippen molar-refractivity contribution < 1.29 is 31.4 Å². The van der Waals surface area contributed by atoms with E-state index >= 15 is 0 Å². The zero-order chi connectivity index (χ0) is 24.4. The molecule has 0 spiro atoms. The van der Waals surface area contributed by atoms with Crippen LogP contribution < -0.4 is 13.6 Å². The number of hydrogen-bond donors (Lipinski definition) is 2. The second-order valence-corrected chi connectivity index (χ2v) is 11.1. The van der Waals surface area contributed by atoms with Gasteiger partial charge in [-0.2, -0.15) is 0 Å². The van der Waals surface area contributed by atoms with E-state index in [4.69, 9.17) is 9.47 Å². The Hall–Kier alpha value is -3.08. The molecule has 0 amide bonds. The first kappa shape index (κ1) is 24.6. The maximum atomic E-state index is 13.4. The molecule has 0 atom stereocenters. The van der Waals surface area contributed by atoms with E-state index in [2.05, 4.69) is 0 Å². The van der Waals surface area contributed by atoms with Gasteiger partial charge in [-0.3, -0.25) is 0 Å². The van der Waals surface area contributed by atoms with Crippen molar-refractivity contribution in [2.45, 2.75) is 29.6 Å². The van der Waals surface area contributed by atoms with Crippen LogP contribution in [0.1, 0.15) is 25.3 Å². The molecule has 10 heteroatoms. The molecule has 3 aromatic rings. The maximum Gasteiger partial charge on any atom is 0.254 e. The van der Waals surface area contributed by atoms with E-state index in [1.807, 2.05) is 13.8 Å². The molecule has 0 aliphatic heterocycles. The van der Waals surface area contributed by atoms with E-state index in [0.717, 1.165) is 6.07 Å². The van der Waals surface area contributed by atoms with E-state index in [-0.39, 0.29) is 22.1 Å². The highest BCUT2D eigenvalue weighted by Gasteiger charge is 2.32. The minimum absolute atomic E-state index is 0.112. The van der Waals surface area contributed by atoms with E-state index in [1.165, 1.54) is 38.5 Å². The molecule has 0 radical (unpaired) electrons. The number of aromatic hydroxyl groups is 1. The third-order valence-corrected chi connectivity index (χ3v) is 8.53. The molecule has 0 aliphatic rings. The van der Waals surface area contributed by atoms with Crippen LogP contribution in [0.5, 0.6) is 17.2 Å². The molecule has 0 unspecified atom stereocenters. The van der Waals surface area contributed by atoms with Gasteiger partial charge in [0.1, 0.15) is 5.75 Å². The average molecular weight is 492 g/mol. The van der Waals surface area contributed by atoms with Crippen LogP contribution in [-0.4, -0.2) is 36.2 Å². The molecular weight excluding hydrogens is 466 g/mol. The number of phenolic OH excluding ortho intramolecular Hbond substituents is 1. The Bertz CT molecular complexity index is 1350. The van der Waals surface area contributed by atoms with Crippen molar-refractivity contribution in [1.29, 1.82) is 0 Å². The quantitative estimate of drug-likeness (QED) is 0.491. The summed E-state index contributed by atoms with van der Waals surface area (Å²) in [4.78, 5) is -0.601. The van der Waals surface area contributed by atoms with Crippen LogP contribution in [0, 0.1) is 0 Å². The molecule has 0 aromatic heterocycles. The smallest absolute Gasteiger partial charge is 0.254 e. The van der Waals surface area contributed by atoms with Gasteiger partial charge < -0.3 is 14.6 Å². The normalized spacial score (nSPS) is 12.0. The molecule has 2 N–H and O–H groups in total. The van der Waals surface area contributed by atoms with Crippen molar-refractivity contribution >= 4 is 20.0 Å². The standard InChI is InChI=1S/C23H25NO7S2/c1-15(2)21-22(16-10-12-17(30-3)13-11-16)20(14-19(25)23(21)31-4)33(28,29)24-32(26,27)18-8-6-5-7-9-18/h5-15,24-25H,1-4H3. The van der Waals surface area contributed by atoms with E-state index in [9.17, 15) is 21.9 Å². The summed E-state index contributed by atoms with van der Waals surface area (Å²) in [5, 5.41) is 10.6. The van der Waals surface area contributed by atoms with Crippen molar-refractivity contribution in [2.75, 3.05) is 14.2 Å². The van der Waals surface area contributed by atoms with Gasteiger partial charge in [0.25, 0.3) is 20.0 Å². The van der Waals surface area contributed by atoms with Crippen LogP contribution in [0.4, 0.5) is 0 Å². The predicted molar refractivity (Wildman–Crippen MR) is 125 cm³/mol. The van der Waals surface area contributed by atoms with Crippen molar-refractivity contribution in [3.8, 4) is 28.4 Å². The van der Waals surface area contributed by atoms with Gasteiger partial charge in [0, 0.05) is 17.2 Å². The molecule has 0 fully saturated rings. The predicted octanol–water partition coefficient (Wildman–Crippen LogP) is 3.87. The molecule has 3 aromatic carbocycles. The molecule has 3 rings (SSSR count). The Morgan fingerprint density at radius 1 is 0.848 bits per heavy atom. The van der Waals surface area contributed by atoms with Crippen molar-refractivity contribution in [3.05, 3.63) is 66.2 Å². The molecule has 33 heavy (non-hydrogen) atoms. The number of sulfonamides is 2. The number of phenols is 1. The van der Waals surface area contributed by atoms with Gasteiger partial charge in [-0.1, -0.05) is 44.2 Å². The van der Waals surface area contributed by atoms with Crippen molar-refractivity contribution in [2.24, 2.45) is 0 Å². The van der Waals surface area contributed by atoms with Gasteiger partial charge in [0.05, 0.1) is 24.0 Å². The first-order valence-corrected chi connectivity index (χ1v) is 12.9. The van der Waals surface area contributed by atoms with Gasteiger partial charge in [0.2, 0.25) is 0 Å². The summed E-state index contributed by atoms with van der Waals surface area (Å²) in [6.07, 6.45) is 0. The SMILES string of the molecule is COc1ccc(-c2c(S(=O)(=O)NS(=O)(=O)c3ccccc3)cc(O)c(OC)c2C(C)C)cc1. The zero-order valence-corrected chi connectivity index (χ0v) is 20.2. The summed E-state index contributed by atoms with van der Waals surface area (Å²) in [6, 6.07) is 14.8. The van der Waals surface area contributed by atoms with Crippen LogP contribution in [0.2, 0.25) is 0 Å². The largest absolute Gasteiger partial charge is 0.504 e. The highest BCUT2D eigenvalue weighted by Crippen LogP contribution is 2.46. The Morgan fingerprint density at radius 3 is 1.97 bits per heavy atom. The highest BCUT2D eigenvalue weighted by molar-refractivity contribution is 8.04. The topological polar surface area (TPSA) is 119 Å². The fourth-order valence-corrected chi connectivity index (χ4v) is 6.69. The Labute approximate surface area is 193 Å². The molecule has 0 saturated heterocycles. The second-order valence-electron chi connectivity index (χ2n) is 7.50. The number of nitrogens with one attached hydrogen (secondary N) is 1. The molecule has 0 heterocycles. The first-order valence-electron chi connectivity index (χ1n) is 9.93. The number of rotatable bonds is 8. The summed E-state index contributed by atoms with van der Waals surface area (Å²) < 4.78 is 64.7. The zero-order valence-electron chi connectivity index (χ0n) is 18.6. The highest BCUT2D eigenvalue weighted by atomic mass is 32.3. The van der Waals surface area contributed by atoms with Gasteiger partial charge in [-0.05, 0) is 35.7 Å². The van der Waals surface area contributed by atoms with Gasteiger partial charge in [-0.15, -0.1) is 4.13 Å². The fraction of sp³-hybridized carbons (Fsp3) is 0.217. The summed E-state index contributed by atoms with van der Waals surface area (Å²) >= 11 is 0. The third-order valence-electron chi connectivity index (χ3n) is 4.98. The Balaban J connectivity index is 2.30. The number of hydrogen-bond acceptors (Lipinski definition) is 7. The lowest BCUT2D eigenvalue weighted by molar-refractivity contribution is 0.366. The van der Waals surface area contributed by atoms with E-state index < -0.39 is 30.7 Å². The van der Waals surface area contributed by atoms with Crippen molar-refractivity contribution in [1.82, 2.24) is 4.13 Å². The first-order chi connectivity index (χ1) is 15.5. The summed E-state index contributed by atoms with van der Waals surface area (Å²) in [6.45, 7) is 3.63. The van der Waals surface area contributed by atoms with E-state index in [0.29, 0.717) is 16.9 Å². The molecule has 0 saturated carbocycles. The minimum atomic E-state index is -4.65. The third kappa shape index (κ3) is 4.97. The molecular formula is C23H25NO7S2. The molecule has 176 valence electrons. The number of benzene rings is 3. The van der Waals surface area contributed by atoms with E-state index in [1.54, 1.807) is 34.5 Å². The maximum absolute atomic E-state index is 13.4. The fourth-order valence-electron chi connectivity index (χ4n) is 3.52. The number of ether oxygens (including phenoxy) is 2. The minimum Gasteiger partial charge on any atom is -0.504 e. The second kappa shape index (κ2) is 9.42. The van der Waals surface area contributed by atoms with Gasteiger partial charge >= 0.3 is 0 Å². The monoisotopic (exact) mass is 491 g/mol. The summed E-state index contributed by atoms with van der Waals surface area (Å²) in [7, 11) is -6.18. The molecule has 8 nitrogen and oxygen atoms in total. The Kier molecular flexibility index (Phi) is 7.01. The van der Waals surface area contributed by atoms with Crippen LogP contribution in [0.25, 0.3) is 11.1 Å². The van der Waals surface area contributed by atoms with Crippen LogP contribution >= 0.6 is 0 Å². The average Bonchev–Trinajstić information content (AvgIpc) is 2.78.